The third kappa shape index (κ3) is 3.46. The van der Waals surface area contributed by atoms with E-state index in [1.807, 2.05) is 6.92 Å². The lowest BCUT2D eigenvalue weighted by Gasteiger charge is -2.22. The van der Waals surface area contributed by atoms with E-state index >= 15 is 0 Å². The maximum atomic E-state index is 12.9. The summed E-state index contributed by atoms with van der Waals surface area (Å²) in [5.74, 6) is 0.214. The second-order valence-electron chi connectivity index (χ2n) is 4.62. The Morgan fingerprint density at radius 2 is 1.94 bits per heavy atom. The highest BCUT2D eigenvalue weighted by molar-refractivity contribution is 6.30. The molecule has 0 aliphatic carbocycles. The number of aliphatic hydroxyl groups is 1. The molecule has 0 saturated carbocycles. The maximum absolute atomic E-state index is 12.9. The van der Waals surface area contributed by atoms with E-state index in [1.54, 1.807) is 12.1 Å². The van der Waals surface area contributed by atoms with E-state index in [9.17, 15) is 9.50 Å². The number of hydrogen-bond donors (Lipinski definition) is 1. The zero-order chi connectivity index (χ0) is 12.3. The van der Waals surface area contributed by atoms with E-state index in [0.717, 1.165) is 5.56 Å². The zero-order valence-electron chi connectivity index (χ0n) is 9.87. The molecule has 16 heavy (non-hydrogen) atoms. The third-order valence-electron chi connectivity index (χ3n) is 3.09. The SMILES string of the molecule is CC(C)C(C)C(O)Cc1ccc(F)c(Cl)c1. The van der Waals surface area contributed by atoms with Crippen molar-refractivity contribution in [3.8, 4) is 0 Å². The lowest BCUT2D eigenvalue weighted by atomic mass is 9.89. The van der Waals surface area contributed by atoms with E-state index in [-0.39, 0.29) is 10.9 Å². The van der Waals surface area contributed by atoms with Crippen molar-refractivity contribution in [2.24, 2.45) is 11.8 Å². The van der Waals surface area contributed by atoms with E-state index in [1.165, 1.54) is 6.07 Å². The molecule has 2 unspecified atom stereocenters. The molecule has 1 rings (SSSR count). The van der Waals surface area contributed by atoms with Crippen LogP contribution in [0.1, 0.15) is 26.3 Å². The van der Waals surface area contributed by atoms with Gasteiger partial charge in [-0.05, 0) is 36.0 Å². The topological polar surface area (TPSA) is 20.2 Å². The predicted octanol–water partition coefficient (Wildman–Crippen LogP) is 3.67. The first-order valence-corrected chi connectivity index (χ1v) is 5.91. The summed E-state index contributed by atoms with van der Waals surface area (Å²) in [5, 5.41) is 10.1. The van der Waals surface area contributed by atoms with Crippen LogP contribution in [0.4, 0.5) is 4.39 Å². The van der Waals surface area contributed by atoms with E-state index in [2.05, 4.69) is 13.8 Å². The number of hydrogen-bond acceptors (Lipinski definition) is 1. The van der Waals surface area contributed by atoms with Crippen LogP contribution in [0.25, 0.3) is 0 Å². The van der Waals surface area contributed by atoms with Crippen molar-refractivity contribution in [2.45, 2.75) is 33.3 Å². The van der Waals surface area contributed by atoms with Gasteiger partial charge in [-0.1, -0.05) is 38.4 Å². The number of rotatable bonds is 4. The Kier molecular flexibility index (Phi) is 4.75. The molecule has 0 fully saturated rings. The number of halogens is 2. The Balaban J connectivity index is 2.69. The van der Waals surface area contributed by atoms with E-state index < -0.39 is 11.9 Å². The van der Waals surface area contributed by atoms with E-state index in [0.29, 0.717) is 12.3 Å². The summed E-state index contributed by atoms with van der Waals surface area (Å²) in [6, 6.07) is 4.58. The average molecular weight is 245 g/mol. The van der Waals surface area contributed by atoms with Crippen LogP contribution in [-0.4, -0.2) is 11.2 Å². The van der Waals surface area contributed by atoms with Crippen LogP contribution in [0.2, 0.25) is 5.02 Å². The van der Waals surface area contributed by atoms with Crippen LogP contribution in [0, 0.1) is 17.7 Å². The molecule has 0 spiro atoms. The molecule has 0 saturated heterocycles. The quantitative estimate of drug-likeness (QED) is 0.857. The summed E-state index contributed by atoms with van der Waals surface area (Å²) in [4.78, 5) is 0. The van der Waals surface area contributed by atoms with Crippen molar-refractivity contribution in [1.29, 1.82) is 0 Å². The molecule has 3 heteroatoms. The summed E-state index contributed by atoms with van der Waals surface area (Å²) in [7, 11) is 0. The average Bonchev–Trinajstić information content (AvgIpc) is 2.22. The van der Waals surface area contributed by atoms with Crippen LogP contribution in [0.5, 0.6) is 0 Å². The summed E-state index contributed by atoms with van der Waals surface area (Å²) < 4.78 is 12.9. The van der Waals surface area contributed by atoms with Crippen molar-refractivity contribution in [2.75, 3.05) is 0 Å². The first-order valence-electron chi connectivity index (χ1n) is 5.53. The fraction of sp³-hybridized carbons (Fsp3) is 0.538. The lowest BCUT2D eigenvalue weighted by Crippen LogP contribution is -2.24. The summed E-state index contributed by atoms with van der Waals surface area (Å²) in [6.07, 6.45) is 0.0980. The van der Waals surface area contributed by atoms with Crippen LogP contribution in [0.15, 0.2) is 18.2 Å². The number of aliphatic hydroxyl groups excluding tert-OH is 1. The normalized spacial score (nSPS) is 15.2. The highest BCUT2D eigenvalue weighted by Crippen LogP contribution is 2.21. The summed E-state index contributed by atoms with van der Waals surface area (Å²) in [5.41, 5.74) is 0.867. The van der Waals surface area contributed by atoms with Crippen LogP contribution >= 0.6 is 11.6 Å². The van der Waals surface area contributed by atoms with Crippen LogP contribution in [0.3, 0.4) is 0 Å². The fourth-order valence-electron chi connectivity index (χ4n) is 1.54. The third-order valence-corrected chi connectivity index (χ3v) is 3.38. The summed E-state index contributed by atoms with van der Waals surface area (Å²) >= 11 is 5.68. The van der Waals surface area contributed by atoms with Crippen molar-refractivity contribution >= 4 is 11.6 Å². The Bertz CT molecular complexity index is 352. The van der Waals surface area contributed by atoms with Crippen LogP contribution in [-0.2, 0) is 6.42 Å². The van der Waals surface area contributed by atoms with Crippen LogP contribution < -0.4 is 0 Å². The zero-order valence-corrected chi connectivity index (χ0v) is 10.6. The minimum Gasteiger partial charge on any atom is -0.392 e. The standard InChI is InChI=1S/C13H18ClFO/c1-8(2)9(3)13(16)7-10-4-5-12(15)11(14)6-10/h4-6,8-9,13,16H,7H2,1-3H3. The van der Waals surface area contributed by atoms with Crippen molar-refractivity contribution in [1.82, 2.24) is 0 Å². The van der Waals surface area contributed by atoms with Gasteiger partial charge in [0.25, 0.3) is 0 Å². The molecule has 1 aromatic rings. The molecule has 0 aromatic heterocycles. The molecular formula is C13H18ClFO. The minimum atomic E-state index is -0.420. The van der Waals surface area contributed by atoms with Gasteiger partial charge in [-0.3, -0.25) is 0 Å². The van der Waals surface area contributed by atoms with Gasteiger partial charge in [0.2, 0.25) is 0 Å². The maximum Gasteiger partial charge on any atom is 0.141 e. The molecule has 0 bridgehead atoms. The molecule has 90 valence electrons. The van der Waals surface area contributed by atoms with Gasteiger partial charge >= 0.3 is 0 Å². The minimum absolute atomic E-state index is 0.113. The monoisotopic (exact) mass is 244 g/mol. The lowest BCUT2D eigenvalue weighted by molar-refractivity contribution is 0.0921. The van der Waals surface area contributed by atoms with Gasteiger partial charge in [0.05, 0.1) is 11.1 Å². The fourth-order valence-corrected chi connectivity index (χ4v) is 1.74. The predicted molar refractivity (Wildman–Crippen MR) is 65.1 cm³/mol. The molecule has 0 amide bonds. The Labute approximate surface area is 101 Å². The van der Waals surface area contributed by atoms with Crippen molar-refractivity contribution in [3.63, 3.8) is 0 Å². The molecule has 1 N–H and O–H groups in total. The highest BCUT2D eigenvalue weighted by Gasteiger charge is 2.18. The smallest absolute Gasteiger partial charge is 0.141 e. The van der Waals surface area contributed by atoms with Gasteiger partial charge in [0.15, 0.2) is 0 Å². The Hall–Kier alpha value is -0.600. The van der Waals surface area contributed by atoms with E-state index in [4.69, 9.17) is 11.6 Å². The van der Waals surface area contributed by atoms with Crippen molar-refractivity contribution < 1.29 is 9.50 Å². The molecule has 1 nitrogen and oxygen atoms in total. The van der Waals surface area contributed by atoms with Gasteiger partial charge in [-0.15, -0.1) is 0 Å². The Morgan fingerprint density at radius 3 is 2.44 bits per heavy atom. The molecule has 1 aromatic carbocycles. The first kappa shape index (κ1) is 13.5. The highest BCUT2D eigenvalue weighted by atomic mass is 35.5. The second-order valence-corrected chi connectivity index (χ2v) is 5.03. The van der Waals surface area contributed by atoms with Gasteiger partial charge in [0, 0.05) is 0 Å². The molecule has 0 radical (unpaired) electrons. The van der Waals surface area contributed by atoms with Gasteiger partial charge in [-0.25, -0.2) is 4.39 Å². The molecule has 0 heterocycles. The molecule has 2 atom stereocenters. The first-order chi connectivity index (χ1) is 7.41. The largest absolute Gasteiger partial charge is 0.392 e. The van der Waals surface area contributed by atoms with Gasteiger partial charge in [-0.2, -0.15) is 0 Å². The van der Waals surface area contributed by atoms with Gasteiger partial charge in [0.1, 0.15) is 5.82 Å². The molecule has 0 aliphatic heterocycles. The second kappa shape index (κ2) is 5.65. The summed E-state index contributed by atoms with van der Waals surface area (Å²) in [6.45, 7) is 6.16. The van der Waals surface area contributed by atoms with Crippen molar-refractivity contribution in [3.05, 3.63) is 34.6 Å². The Morgan fingerprint density at radius 1 is 1.31 bits per heavy atom. The van der Waals surface area contributed by atoms with Gasteiger partial charge < -0.3 is 5.11 Å². The molecule has 0 aliphatic rings. The number of benzene rings is 1. The molecular weight excluding hydrogens is 227 g/mol.